The number of carbonyl (C=O) groups excluding carboxylic acids is 1. The number of aromatic nitrogens is 2. The van der Waals surface area contributed by atoms with E-state index in [9.17, 15) is 4.79 Å². The van der Waals surface area contributed by atoms with E-state index in [1.807, 2.05) is 35.4 Å². The molecule has 0 bridgehead atoms. The Kier molecular flexibility index (Phi) is 3.94. The summed E-state index contributed by atoms with van der Waals surface area (Å²) >= 11 is 3.53. The minimum Gasteiger partial charge on any atom is -0.272 e. The van der Waals surface area contributed by atoms with E-state index in [2.05, 4.69) is 17.3 Å². The van der Waals surface area contributed by atoms with Crippen molar-refractivity contribution in [1.82, 2.24) is 9.78 Å². The maximum atomic E-state index is 12.1. The van der Waals surface area contributed by atoms with Crippen LogP contribution in [-0.4, -0.2) is 27.2 Å². The highest BCUT2D eigenvalue weighted by Gasteiger charge is 2.20. The fraction of sp³-hybridized carbons (Fsp3) is 0.286. The van der Waals surface area contributed by atoms with Gasteiger partial charge in [-0.25, -0.2) is 4.68 Å². The van der Waals surface area contributed by atoms with Crippen LogP contribution in [-0.2, 0) is 0 Å². The molecule has 0 fully saturated rings. The maximum absolute atomic E-state index is 12.1. The van der Waals surface area contributed by atoms with E-state index >= 15 is 0 Å². The van der Waals surface area contributed by atoms with Gasteiger partial charge in [0.05, 0.1) is 11.6 Å². The summed E-state index contributed by atoms with van der Waals surface area (Å²) in [7, 11) is 0. The van der Waals surface area contributed by atoms with Gasteiger partial charge in [-0.15, -0.1) is 23.5 Å². The molecule has 1 aromatic rings. The summed E-state index contributed by atoms with van der Waals surface area (Å²) < 4.78 is 1.46. The number of thioether (sulfide) groups is 2. The van der Waals surface area contributed by atoms with Crippen molar-refractivity contribution in [1.29, 1.82) is 0 Å². The molecule has 98 valence electrons. The molecule has 5 heteroatoms. The van der Waals surface area contributed by atoms with Crippen molar-refractivity contribution in [2.75, 3.05) is 11.5 Å². The molecule has 3 heterocycles. The van der Waals surface area contributed by atoms with Crippen LogP contribution in [0.3, 0.4) is 0 Å². The highest BCUT2D eigenvalue weighted by molar-refractivity contribution is 8.03. The molecule has 3 rings (SSSR count). The molecule has 0 spiro atoms. The molecule has 0 amide bonds. The fourth-order valence-electron chi connectivity index (χ4n) is 1.96. The van der Waals surface area contributed by atoms with Gasteiger partial charge < -0.3 is 0 Å². The van der Waals surface area contributed by atoms with Gasteiger partial charge in [0.2, 0.25) is 0 Å². The van der Waals surface area contributed by atoms with Gasteiger partial charge in [0.1, 0.15) is 0 Å². The van der Waals surface area contributed by atoms with Crippen molar-refractivity contribution in [2.24, 2.45) is 5.92 Å². The van der Waals surface area contributed by atoms with Crippen LogP contribution < -0.4 is 0 Å². The van der Waals surface area contributed by atoms with Crippen LogP contribution in [0.1, 0.15) is 16.9 Å². The summed E-state index contributed by atoms with van der Waals surface area (Å²) in [6, 6.07) is 1.88. The zero-order chi connectivity index (χ0) is 13.1. The second-order valence-corrected chi connectivity index (χ2v) is 6.48. The fourth-order valence-corrected chi connectivity index (χ4v) is 3.70. The summed E-state index contributed by atoms with van der Waals surface area (Å²) in [4.78, 5) is 13.4. The number of carbonyl (C=O) groups is 1. The first-order valence-corrected chi connectivity index (χ1v) is 8.25. The second kappa shape index (κ2) is 5.84. The van der Waals surface area contributed by atoms with Crippen molar-refractivity contribution < 1.29 is 4.79 Å². The lowest BCUT2D eigenvalue weighted by Gasteiger charge is -2.04. The molecule has 2 aliphatic rings. The van der Waals surface area contributed by atoms with E-state index in [0.29, 0.717) is 0 Å². The largest absolute Gasteiger partial charge is 0.272 e. The Morgan fingerprint density at radius 3 is 3.16 bits per heavy atom. The van der Waals surface area contributed by atoms with Gasteiger partial charge in [-0.1, -0.05) is 12.2 Å². The lowest BCUT2D eigenvalue weighted by Crippen LogP contribution is -2.21. The Balaban J connectivity index is 1.68. The quantitative estimate of drug-likeness (QED) is 0.854. The standard InChI is InChI=1S/C14H14N2OS2/c17-14(11-6-9-18-10-11)16-7-5-12(15-16)3-4-13-2-1-8-19-13/h2-7,9,11H,1,8,10H2/b4-3+. The second-order valence-electron chi connectivity index (χ2n) is 4.37. The Labute approximate surface area is 120 Å². The van der Waals surface area contributed by atoms with Crippen LogP contribution in [0.2, 0.25) is 0 Å². The van der Waals surface area contributed by atoms with Gasteiger partial charge in [0, 0.05) is 22.6 Å². The summed E-state index contributed by atoms with van der Waals surface area (Å²) in [5.41, 5.74) is 0.830. The molecule has 1 aromatic heterocycles. The van der Waals surface area contributed by atoms with Crippen LogP contribution in [0.15, 0.2) is 40.8 Å². The summed E-state index contributed by atoms with van der Waals surface area (Å²) in [5.74, 6) is 2.01. The molecule has 1 atom stereocenters. The number of hydrogen-bond acceptors (Lipinski definition) is 4. The molecule has 1 unspecified atom stereocenters. The zero-order valence-electron chi connectivity index (χ0n) is 10.4. The normalized spacial score (nSPS) is 22.3. The van der Waals surface area contributed by atoms with Gasteiger partial charge in [-0.2, -0.15) is 5.10 Å². The van der Waals surface area contributed by atoms with E-state index in [1.165, 1.54) is 9.59 Å². The highest BCUT2D eigenvalue weighted by atomic mass is 32.2. The minimum absolute atomic E-state index is 0.0326. The monoisotopic (exact) mass is 290 g/mol. The predicted octanol–water partition coefficient (Wildman–Crippen LogP) is 3.43. The van der Waals surface area contributed by atoms with Crippen molar-refractivity contribution in [3.63, 3.8) is 0 Å². The van der Waals surface area contributed by atoms with E-state index < -0.39 is 0 Å². The third-order valence-electron chi connectivity index (χ3n) is 2.99. The van der Waals surface area contributed by atoms with E-state index in [4.69, 9.17) is 0 Å². The van der Waals surface area contributed by atoms with Crippen molar-refractivity contribution in [2.45, 2.75) is 6.42 Å². The lowest BCUT2D eigenvalue weighted by molar-refractivity contribution is 0.0857. The summed E-state index contributed by atoms with van der Waals surface area (Å²) in [6.45, 7) is 0. The third kappa shape index (κ3) is 3.04. The molecule has 0 aromatic carbocycles. The number of hydrogen-bond donors (Lipinski definition) is 0. The van der Waals surface area contributed by atoms with Crippen molar-refractivity contribution >= 4 is 35.5 Å². The van der Waals surface area contributed by atoms with E-state index in [1.54, 1.807) is 18.0 Å². The molecule has 0 saturated carbocycles. The first kappa shape index (κ1) is 12.8. The zero-order valence-corrected chi connectivity index (χ0v) is 12.0. The Bertz CT molecular complexity index is 572. The molecular weight excluding hydrogens is 276 g/mol. The molecule has 0 N–H and O–H groups in total. The van der Waals surface area contributed by atoms with Crippen LogP contribution >= 0.6 is 23.5 Å². The average molecular weight is 290 g/mol. The predicted molar refractivity (Wildman–Crippen MR) is 82.1 cm³/mol. The number of allylic oxidation sites excluding steroid dienone is 3. The smallest absolute Gasteiger partial charge is 0.254 e. The van der Waals surface area contributed by atoms with Gasteiger partial charge >= 0.3 is 0 Å². The molecule has 2 aliphatic heterocycles. The Morgan fingerprint density at radius 1 is 1.47 bits per heavy atom. The first-order chi connectivity index (χ1) is 9.33. The van der Waals surface area contributed by atoms with Gasteiger partial charge in [0.15, 0.2) is 0 Å². The number of rotatable bonds is 3. The molecule has 3 nitrogen and oxygen atoms in total. The van der Waals surface area contributed by atoms with Crippen LogP contribution in [0, 0.1) is 5.92 Å². The van der Waals surface area contributed by atoms with Crippen molar-refractivity contribution in [3.05, 3.63) is 46.5 Å². The van der Waals surface area contributed by atoms with Crippen LogP contribution in [0.5, 0.6) is 0 Å². The van der Waals surface area contributed by atoms with Crippen molar-refractivity contribution in [3.8, 4) is 0 Å². The summed E-state index contributed by atoms with van der Waals surface area (Å²) in [5, 5.41) is 6.30. The summed E-state index contributed by atoms with van der Waals surface area (Å²) in [6.07, 6.45) is 11.1. The molecule has 19 heavy (non-hydrogen) atoms. The molecule has 0 saturated heterocycles. The van der Waals surface area contributed by atoms with E-state index in [-0.39, 0.29) is 11.8 Å². The van der Waals surface area contributed by atoms with Gasteiger partial charge in [0.25, 0.3) is 5.91 Å². The van der Waals surface area contributed by atoms with Gasteiger partial charge in [-0.05, 0) is 30.0 Å². The maximum Gasteiger partial charge on any atom is 0.254 e. The Morgan fingerprint density at radius 2 is 2.42 bits per heavy atom. The van der Waals surface area contributed by atoms with Crippen LogP contribution in [0.25, 0.3) is 6.08 Å². The molecular formula is C14H14N2OS2. The topological polar surface area (TPSA) is 34.9 Å². The van der Waals surface area contributed by atoms with E-state index in [0.717, 1.165) is 23.6 Å². The minimum atomic E-state index is -0.0326. The SMILES string of the molecule is O=C(C1C=CSC1)n1ccc(/C=C/C2=CCCS2)n1. The molecule has 0 radical (unpaired) electrons. The Hall–Kier alpha value is -1.20. The average Bonchev–Trinajstić information content (AvgIpc) is 3.16. The number of nitrogens with zero attached hydrogens (tertiary/aromatic N) is 2. The highest BCUT2D eigenvalue weighted by Crippen LogP contribution is 2.26. The van der Waals surface area contributed by atoms with Crippen LogP contribution in [0.4, 0.5) is 0 Å². The first-order valence-electron chi connectivity index (χ1n) is 6.22. The molecule has 0 aliphatic carbocycles. The third-order valence-corrected chi connectivity index (χ3v) is 4.96. The lowest BCUT2D eigenvalue weighted by atomic mass is 10.2. The van der Waals surface area contributed by atoms with Gasteiger partial charge in [-0.3, -0.25) is 4.79 Å².